The van der Waals surface area contributed by atoms with Crippen LogP contribution in [0.3, 0.4) is 0 Å². The number of benzene rings is 2. The van der Waals surface area contributed by atoms with Crippen molar-refractivity contribution in [3.05, 3.63) is 64.1 Å². The maximum absolute atomic E-state index is 10.5. The molecule has 2 aromatic rings. The van der Waals surface area contributed by atoms with E-state index in [1.54, 1.807) is 6.07 Å². The number of carboxylic acids is 1. The number of ether oxygens (including phenoxy) is 1. The van der Waals surface area contributed by atoms with Gasteiger partial charge in [-0.1, -0.05) is 30.3 Å². The fourth-order valence-electron chi connectivity index (χ4n) is 1.74. The van der Waals surface area contributed by atoms with Crippen LogP contribution < -0.4 is 4.74 Å². The SMILES string of the molecule is O=C(O)/C=C/c1cc(O)c(OCc2ccccc2)c(Br)c1. The Morgan fingerprint density at radius 3 is 2.57 bits per heavy atom. The van der Waals surface area contributed by atoms with Crippen molar-refractivity contribution in [1.29, 1.82) is 0 Å². The number of phenolic OH excluding ortho intramolecular Hbond substituents is 1. The molecule has 0 fully saturated rings. The summed E-state index contributed by atoms with van der Waals surface area (Å²) in [6.45, 7) is 0.331. The first-order valence-electron chi connectivity index (χ1n) is 6.16. The predicted octanol–water partition coefficient (Wildman–Crippen LogP) is 3.83. The summed E-state index contributed by atoms with van der Waals surface area (Å²) in [5.74, 6) is -0.772. The summed E-state index contributed by atoms with van der Waals surface area (Å²) in [5.41, 5.74) is 1.55. The minimum atomic E-state index is -1.05. The second kappa shape index (κ2) is 6.95. The number of halogens is 1. The molecule has 0 spiro atoms. The molecule has 2 rings (SSSR count). The van der Waals surface area contributed by atoms with Gasteiger partial charge in [-0.3, -0.25) is 0 Å². The third-order valence-electron chi connectivity index (χ3n) is 2.69. The molecule has 0 aliphatic carbocycles. The number of hydrogen-bond acceptors (Lipinski definition) is 3. The van der Waals surface area contributed by atoms with Crippen LogP contribution >= 0.6 is 15.9 Å². The lowest BCUT2D eigenvalue weighted by atomic mass is 10.2. The molecule has 0 aliphatic rings. The first-order valence-corrected chi connectivity index (χ1v) is 6.96. The number of aromatic hydroxyl groups is 1. The Labute approximate surface area is 130 Å². The first kappa shape index (κ1) is 15.1. The Balaban J connectivity index is 2.15. The van der Waals surface area contributed by atoms with Crippen molar-refractivity contribution >= 4 is 28.0 Å². The summed E-state index contributed by atoms with van der Waals surface area (Å²) in [6.07, 6.45) is 2.40. The van der Waals surface area contributed by atoms with Crippen LogP contribution in [0.2, 0.25) is 0 Å². The molecule has 0 unspecified atom stereocenters. The lowest BCUT2D eigenvalue weighted by Crippen LogP contribution is -1.96. The number of rotatable bonds is 5. The highest BCUT2D eigenvalue weighted by molar-refractivity contribution is 9.10. The number of aliphatic carboxylic acids is 1. The van der Waals surface area contributed by atoms with E-state index in [1.807, 2.05) is 30.3 Å². The molecule has 0 heterocycles. The van der Waals surface area contributed by atoms with Gasteiger partial charge in [0.2, 0.25) is 0 Å². The van der Waals surface area contributed by atoms with Gasteiger partial charge in [0.05, 0.1) is 4.47 Å². The van der Waals surface area contributed by atoms with Crippen LogP contribution in [0.4, 0.5) is 0 Å². The van der Waals surface area contributed by atoms with Crippen LogP contribution in [0.5, 0.6) is 11.5 Å². The summed E-state index contributed by atoms with van der Waals surface area (Å²) >= 11 is 3.31. The van der Waals surface area contributed by atoms with Gasteiger partial charge in [-0.05, 0) is 45.3 Å². The highest BCUT2D eigenvalue weighted by atomic mass is 79.9. The van der Waals surface area contributed by atoms with Crippen molar-refractivity contribution < 1.29 is 19.7 Å². The zero-order chi connectivity index (χ0) is 15.2. The van der Waals surface area contributed by atoms with E-state index in [4.69, 9.17) is 9.84 Å². The van der Waals surface area contributed by atoms with Gasteiger partial charge in [-0.15, -0.1) is 0 Å². The average molecular weight is 349 g/mol. The Morgan fingerprint density at radius 1 is 1.24 bits per heavy atom. The van der Waals surface area contributed by atoms with Gasteiger partial charge in [-0.25, -0.2) is 4.79 Å². The van der Waals surface area contributed by atoms with E-state index in [0.29, 0.717) is 22.4 Å². The van der Waals surface area contributed by atoms with Crippen molar-refractivity contribution in [2.24, 2.45) is 0 Å². The van der Waals surface area contributed by atoms with Gasteiger partial charge in [-0.2, -0.15) is 0 Å². The summed E-state index contributed by atoms with van der Waals surface area (Å²) in [5, 5.41) is 18.6. The maximum atomic E-state index is 10.5. The van der Waals surface area contributed by atoms with Crippen molar-refractivity contribution in [2.75, 3.05) is 0 Å². The molecule has 0 saturated heterocycles. The molecule has 2 aromatic carbocycles. The first-order chi connectivity index (χ1) is 10.1. The van der Waals surface area contributed by atoms with Crippen molar-refractivity contribution in [3.63, 3.8) is 0 Å². The Kier molecular flexibility index (Phi) is 5.00. The fourth-order valence-corrected chi connectivity index (χ4v) is 2.32. The van der Waals surface area contributed by atoms with E-state index in [9.17, 15) is 9.90 Å². The minimum absolute atomic E-state index is 0.0506. The van der Waals surface area contributed by atoms with Crippen LogP contribution in [-0.4, -0.2) is 16.2 Å². The average Bonchev–Trinajstić information content (AvgIpc) is 2.45. The largest absolute Gasteiger partial charge is 0.504 e. The molecular weight excluding hydrogens is 336 g/mol. The van der Waals surface area contributed by atoms with Gasteiger partial charge in [0.15, 0.2) is 11.5 Å². The molecule has 0 atom stereocenters. The monoisotopic (exact) mass is 348 g/mol. The number of carbonyl (C=O) groups is 1. The molecule has 108 valence electrons. The van der Waals surface area contributed by atoms with Gasteiger partial charge >= 0.3 is 5.97 Å². The number of phenols is 1. The lowest BCUT2D eigenvalue weighted by molar-refractivity contribution is -0.131. The maximum Gasteiger partial charge on any atom is 0.328 e. The van der Waals surface area contributed by atoms with E-state index in [0.717, 1.165) is 11.6 Å². The molecule has 2 N–H and O–H groups in total. The third-order valence-corrected chi connectivity index (χ3v) is 3.28. The summed E-state index contributed by atoms with van der Waals surface area (Å²) in [6, 6.07) is 12.7. The van der Waals surface area contributed by atoms with Crippen molar-refractivity contribution in [2.45, 2.75) is 6.61 Å². The molecule has 4 nitrogen and oxygen atoms in total. The molecule has 5 heteroatoms. The van der Waals surface area contributed by atoms with Crippen LogP contribution in [0.25, 0.3) is 6.08 Å². The summed E-state index contributed by atoms with van der Waals surface area (Å²) in [7, 11) is 0. The second-order valence-electron chi connectivity index (χ2n) is 4.30. The molecule has 0 aliphatic heterocycles. The standard InChI is InChI=1S/C16H13BrO4/c17-13-8-12(6-7-15(19)20)9-14(18)16(13)21-10-11-4-2-1-3-5-11/h1-9,18H,10H2,(H,19,20)/b7-6+. The Bertz CT molecular complexity index is 642. The second-order valence-corrected chi connectivity index (χ2v) is 5.15. The highest BCUT2D eigenvalue weighted by Crippen LogP contribution is 2.36. The Hall–Kier alpha value is -2.27. The van der Waals surface area contributed by atoms with Crippen molar-refractivity contribution in [3.8, 4) is 11.5 Å². The van der Waals surface area contributed by atoms with Crippen LogP contribution in [-0.2, 0) is 11.4 Å². The fraction of sp³-hybridized carbons (Fsp3) is 0.0625. The zero-order valence-electron chi connectivity index (χ0n) is 11.0. The number of hydrogen-bond donors (Lipinski definition) is 2. The van der Waals surface area contributed by atoms with E-state index in [2.05, 4.69) is 15.9 Å². The van der Waals surface area contributed by atoms with Crippen LogP contribution in [0.1, 0.15) is 11.1 Å². The summed E-state index contributed by atoms with van der Waals surface area (Å²) < 4.78 is 6.16. The number of carboxylic acid groups (broad SMARTS) is 1. The topological polar surface area (TPSA) is 66.8 Å². The van der Waals surface area contributed by atoms with Gasteiger partial charge in [0.25, 0.3) is 0 Å². The molecular formula is C16H13BrO4. The normalized spacial score (nSPS) is 10.7. The van der Waals surface area contributed by atoms with Gasteiger partial charge in [0.1, 0.15) is 6.61 Å². The van der Waals surface area contributed by atoms with Crippen LogP contribution in [0.15, 0.2) is 53.0 Å². The molecule has 0 amide bonds. The summed E-state index contributed by atoms with van der Waals surface area (Å²) in [4.78, 5) is 10.5. The zero-order valence-corrected chi connectivity index (χ0v) is 12.6. The van der Waals surface area contributed by atoms with E-state index in [1.165, 1.54) is 12.1 Å². The van der Waals surface area contributed by atoms with Gasteiger partial charge in [0, 0.05) is 6.08 Å². The van der Waals surface area contributed by atoms with Crippen molar-refractivity contribution in [1.82, 2.24) is 0 Å². The van der Waals surface area contributed by atoms with E-state index in [-0.39, 0.29) is 5.75 Å². The molecule has 0 radical (unpaired) electrons. The van der Waals surface area contributed by atoms with E-state index < -0.39 is 5.97 Å². The van der Waals surface area contributed by atoms with E-state index >= 15 is 0 Å². The quantitative estimate of drug-likeness (QED) is 0.805. The smallest absolute Gasteiger partial charge is 0.328 e. The highest BCUT2D eigenvalue weighted by Gasteiger charge is 2.09. The molecule has 21 heavy (non-hydrogen) atoms. The predicted molar refractivity (Wildman–Crippen MR) is 83.3 cm³/mol. The third kappa shape index (κ3) is 4.36. The van der Waals surface area contributed by atoms with Gasteiger partial charge < -0.3 is 14.9 Å². The molecule has 0 aromatic heterocycles. The molecule has 0 bridgehead atoms. The van der Waals surface area contributed by atoms with Crippen LogP contribution in [0, 0.1) is 0 Å². The minimum Gasteiger partial charge on any atom is -0.504 e. The Morgan fingerprint density at radius 2 is 1.95 bits per heavy atom. The lowest BCUT2D eigenvalue weighted by Gasteiger charge is -2.11. The molecule has 0 saturated carbocycles.